The third-order valence-corrected chi connectivity index (χ3v) is 3.20. The molecule has 2 saturated heterocycles. The second-order valence-electron chi connectivity index (χ2n) is 4.27. The molecule has 0 aromatic rings. The average Bonchev–Trinajstić information content (AvgIpc) is 2.05. The van der Waals surface area contributed by atoms with Crippen molar-refractivity contribution in [3.05, 3.63) is 0 Å². The lowest BCUT2D eigenvalue weighted by Crippen LogP contribution is -2.47. The van der Waals surface area contributed by atoms with Gasteiger partial charge in [0.1, 0.15) is 0 Å². The van der Waals surface area contributed by atoms with E-state index in [1.165, 1.54) is 26.1 Å². The number of nitrogens with zero attached hydrogens (tertiary/aromatic N) is 1. The molecule has 0 spiro atoms. The Morgan fingerprint density at radius 3 is 2.92 bits per heavy atom. The van der Waals surface area contributed by atoms with Crippen LogP contribution < -0.4 is 5.32 Å². The summed E-state index contributed by atoms with van der Waals surface area (Å²) < 4.78 is 5.41. The lowest BCUT2D eigenvalue weighted by atomic mass is 9.99. The van der Waals surface area contributed by atoms with Crippen LogP contribution >= 0.6 is 0 Å². The SMILES string of the molecule is CC1COCCN1CCC1CNC1. The molecule has 76 valence electrons. The first-order valence-electron chi connectivity index (χ1n) is 5.39. The van der Waals surface area contributed by atoms with E-state index in [2.05, 4.69) is 17.1 Å². The van der Waals surface area contributed by atoms with E-state index in [1.807, 2.05) is 0 Å². The van der Waals surface area contributed by atoms with Crippen molar-refractivity contribution in [1.29, 1.82) is 0 Å². The van der Waals surface area contributed by atoms with Crippen LogP contribution in [0.5, 0.6) is 0 Å². The minimum Gasteiger partial charge on any atom is -0.379 e. The molecule has 0 aromatic heterocycles. The highest BCUT2D eigenvalue weighted by Crippen LogP contribution is 2.12. The van der Waals surface area contributed by atoms with Gasteiger partial charge in [-0.05, 0) is 38.9 Å². The van der Waals surface area contributed by atoms with Crippen LogP contribution in [-0.2, 0) is 4.74 Å². The fourth-order valence-electron chi connectivity index (χ4n) is 1.99. The van der Waals surface area contributed by atoms with E-state index in [1.54, 1.807) is 0 Å². The zero-order chi connectivity index (χ0) is 9.10. The first-order chi connectivity index (χ1) is 6.36. The van der Waals surface area contributed by atoms with Crippen LogP contribution in [0.25, 0.3) is 0 Å². The summed E-state index contributed by atoms with van der Waals surface area (Å²) in [6, 6.07) is 0.627. The number of hydrogen-bond acceptors (Lipinski definition) is 3. The van der Waals surface area contributed by atoms with Gasteiger partial charge in [-0.3, -0.25) is 4.90 Å². The second-order valence-corrected chi connectivity index (χ2v) is 4.27. The van der Waals surface area contributed by atoms with Crippen molar-refractivity contribution >= 4 is 0 Å². The van der Waals surface area contributed by atoms with Gasteiger partial charge in [0.2, 0.25) is 0 Å². The number of ether oxygens (including phenoxy) is 1. The lowest BCUT2D eigenvalue weighted by molar-refractivity contribution is -0.00346. The normalized spacial score (nSPS) is 31.6. The van der Waals surface area contributed by atoms with Crippen LogP contribution in [0.1, 0.15) is 13.3 Å². The highest BCUT2D eigenvalue weighted by molar-refractivity contribution is 4.78. The van der Waals surface area contributed by atoms with Crippen LogP contribution in [0.3, 0.4) is 0 Å². The molecule has 2 fully saturated rings. The summed E-state index contributed by atoms with van der Waals surface area (Å²) in [6.07, 6.45) is 1.36. The fraction of sp³-hybridized carbons (Fsp3) is 1.00. The van der Waals surface area contributed by atoms with Gasteiger partial charge in [-0.25, -0.2) is 0 Å². The predicted octanol–water partition coefficient (Wildman–Crippen LogP) is 0.317. The number of morpholine rings is 1. The maximum absolute atomic E-state index is 5.41. The topological polar surface area (TPSA) is 24.5 Å². The molecule has 2 heterocycles. The van der Waals surface area contributed by atoms with E-state index in [9.17, 15) is 0 Å². The zero-order valence-corrected chi connectivity index (χ0v) is 8.46. The summed E-state index contributed by atoms with van der Waals surface area (Å²) in [6.45, 7) is 8.96. The smallest absolute Gasteiger partial charge is 0.0619 e. The predicted molar refractivity (Wildman–Crippen MR) is 52.8 cm³/mol. The van der Waals surface area contributed by atoms with Gasteiger partial charge in [0.05, 0.1) is 13.2 Å². The number of rotatable bonds is 3. The maximum atomic E-state index is 5.41. The number of nitrogens with one attached hydrogen (secondary N) is 1. The molecule has 0 aliphatic carbocycles. The summed E-state index contributed by atoms with van der Waals surface area (Å²) >= 11 is 0. The summed E-state index contributed by atoms with van der Waals surface area (Å²) in [7, 11) is 0. The molecular formula is C10H20N2O. The molecule has 0 aromatic carbocycles. The molecule has 1 N–H and O–H groups in total. The van der Waals surface area contributed by atoms with Crippen molar-refractivity contribution in [2.45, 2.75) is 19.4 Å². The summed E-state index contributed by atoms with van der Waals surface area (Å²) in [5.41, 5.74) is 0. The molecule has 0 bridgehead atoms. The third kappa shape index (κ3) is 2.42. The monoisotopic (exact) mass is 184 g/mol. The fourth-order valence-corrected chi connectivity index (χ4v) is 1.99. The highest BCUT2D eigenvalue weighted by atomic mass is 16.5. The Morgan fingerprint density at radius 2 is 2.31 bits per heavy atom. The van der Waals surface area contributed by atoms with Gasteiger partial charge in [-0.15, -0.1) is 0 Å². The standard InChI is InChI=1S/C10H20N2O/c1-9-8-13-5-4-12(9)3-2-10-6-11-7-10/h9-11H,2-8H2,1H3. The molecule has 1 unspecified atom stereocenters. The van der Waals surface area contributed by atoms with Crippen LogP contribution in [-0.4, -0.2) is 50.3 Å². The molecular weight excluding hydrogens is 164 g/mol. The minimum absolute atomic E-state index is 0.627. The van der Waals surface area contributed by atoms with Crippen molar-refractivity contribution in [1.82, 2.24) is 10.2 Å². The summed E-state index contributed by atoms with van der Waals surface area (Å²) in [5.74, 6) is 0.940. The quantitative estimate of drug-likeness (QED) is 0.683. The Morgan fingerprint density at radius 1 is 1.46 bits per heavy atom. The lowest BCUT2D eigenvalue weighted by Gasteiger charge is -2.35. The van der Waals surface area contributed by atoms with E-state index in [-0.39, 0.29) is 0 Å². The van der Waals surface area contributed by atoms with Gasteiger partial charge in [-0.1, -0.05) is 0 Å². The molecule has 0 saturated carbocycles. The van der Waals surface area contributed by atoms with Crippen molar-refractivity contribution in [2.75, 3.05) is 39.4 Å². The van der Waals surface area contributed by atoms with Crippen LogP contribution in [0, 0.1) is 5.92 Å². The Bertz CT molecular complexity index is 159. The van der Waals surface area contributed by atoms with Gasteiger partial charge in [0.15, 0.2) is 0 Å². The van der Waals surface area contributed by atoms with Crippen LogP contribution in [0.4, 0.5) is 0 Å². The van der Waals surface area contributed by atoms with E-state index in [0.29, 0.717) is 6.04 Å². The second kappa shape index (κ2) is 4.40. The van der Waals surface area contributed by atoms with E-state index in [0.717, 1.165) is 25.7 Å². The molecule has 1 atom stereocenters. The molecule has 3 heteroatoms. The van der Waals surface area contributed by atoms with E-state index < -0.39 is 0 Å². The van der Waals surface area contributed by atoms with Crippen LogP contribution in [0.15, 0.2) is 0 Å². The van der Waals surface area contributed by atoms with Gasteiger partial charge >= 0.3 is 0 Å². The van der Waals surface area contributed by atoms with Gasteiger partial charge in [0, 0.05) is 12.6 Å². The minimum atomic E-state index is 0.627. The van der Waals surface area contributed by atoms with Gasteiger partial charge < -0.3 is 10.1 Å². The largest absolute Gasteiger partial charge is 0.379 e. The first-order valence-corrected chi connectivity index (χ1v) is 5.39. The van der Waals surface area contributed by atoms with Crippen molar-refractivity contribution < 1.29 is 4.74 Å². The van der Waals surface area contributed by atoms with Crippen molar-refractivity contribution in [3.63, 3.8) is 0 Å². The molecule has 13 heavy (non-hydrogen) atoms. The molecule has 0 radical (unpaired) electrons. The highest BCUT2D eigenvalue weighted by Gasteiger charge is 2.21. The number of hydrogen-bond donors (Lipinski definition) is 1. The van der Waals surface area contributed by atoms with Gasteiger partial charge in [-0.2, -0.15) is 0 Å². The Balaban J connectivity index is 1.66. The van der Waals surface area contributed by atoms with E-state index >= 15 is 0 Å². The summed E-state index contributed by atoms with van der Waals surface area (Å²) in [5, 5.41) is 3.32. The molecule has 2 aliphatic rings. The zero-order valence-electron chi connectivity index (χ0n) is 8.46. The Kier molecular flexibility index (Phi) is 3.19. The first kappa shape index (κ1) is 9.44. The Hall–Kier alpha value is -0.120. The van der Waals surface area contributed by atoms with Crippen LogP contribution in [0.2, 0.25) is 0 Å². The van der Waals surface area contributed by atoms with E-state index in [4.69, 9.17) is 4.74 Å². The third-order valence-electron chi connectivity index (χ3n) is 3.20. The Labute approximate surface area is 80.4 Å². The average molecular weight is 184 g/mol. The molecule has 0 amide bonds. The van der Waals surface area contributed by atoms with Crippen molar-refractivity contribution in [2.24, 2.45) is 5.92 Å². The maximum Gasteiger partial charge on any atom is 0.0619 e. The van der Waals surface area contributed by atoms with Crippen molar-refractivity contribution in [3.8, 4) is 0 Å². The van der Waals surface area contributed by atoms with Gasteiger partial charge in [0.25, 0.3) is 0 Å². The summed E-state index contributed by atoms with van der Waals surface area (Å²) in [4.78, 5) is 2.56. The molecule has 2 rings (SSSR count). The molecule has 2 aliphatic heterocycles. The molecule has 3 nitrogen and oxygen atoms in total.